The third-order valence-electron chi connectivity index (χ3n) is 5.61. The molecule has 0 aliphatic carbocycles. The van der Waals surface area contributed by atoms with Crippen LogP contribution in [0.2, 0.25) is 0 Å². The number of nitrogens with zero attached hydrogens (tertiary/aromatic N) is 2. The Balaban J connectivity index is 1.64. The molecule has 0 saturated carbocycles. The molecule has 3 aromatic heterocycles. The van der Waals surface area contributed by atoms with Crippen molar-refractivity contribution in [1.82, 2.24) is 9.38 Å². The lowest BCUT2D eigenvalue weighted by Crippen LogP contribution is -2.12. The molecule has 0 bridgehead atoms. The molecule has 0 saturated heterocycles. The molecular formula is C26H21N3O4. The maximum Gasteiger partial charge on any atom is 0.337 e. The van der Waals surface area contributed by atoms with Gasteiger partial charge in [-0.25, -0.2) is 9.78 Å². The van der Waals surface area contributed by atoms with Crippen molar-refractivity contribution < 1.29 is 14.3 Å². The van der Waals surface area contributed by atoms with Crippen LogP contribution in [0.3, 0.4) is 0 Å². The highest BCUT2D eigenvalue weighted by Gasteiger charge is 2.19. The fraction of sp³-hybridized carbons (Fsp3) is 0.115. The Kier molecular flexibility index (Phi) is 4.94. The van der Waals surface area contributed by atoms with Crippen molar-refractivity contribution in [3.63, 3.8) is 0 Å². The van der Waals surface area contributed by atoms with E-state index in [1.54, 1.807) is 30.3 Å². The number of para-hydroxylation sites is 1. The molecule has 7 heteroatoms. The highest BCUT2D eigenvalue weighted by molar-refractivity contribution is 5.94. The second kappa shape index (κ2) is 7.94. The summed E-state index contributed by atoms with van der Waals surface area (Å²) in [6.45, 7) is 3.82. The van der Waals surface area contributed by atoms with E-state index in [-0.39, 0.29) is 17.0 Å². The predicted octanol–water partition coefficient (Wildman–Crippen LogP) is 5.29. The fourth-order valence-electron chi connectivity index (χ4n) is 4.04. The monoisotopic (exact) mass is 439 g/mol. The normalized spacial score (nSPS) is 12.2. The van der Waals surface area contributed by atoms with Crippen LogP contribution in [0.4, 0.5) is 5.69 Å². The number of carboxylic acid groups (broad SMARTS) is 1. The summed E-state index contributed by atoms with van der Waals surface area (Å²) in [5.74, 6) is -0.639. The second-order valence-electron chi connectivity index (χ2n) is 8.01. The zero-order valence-corrected chi connectivity index (χ0v) is 18.1. The third-order valence-corrected chi connectivity index (χ3v) is 5.61. The van der Waals surface area contributed by atoms with Crippen LogP contribution in [-0.2, 0) is 0 Å². The molecule has 0 spiro atoms. The number of aryl methyl sites for hydroxylation is 1. The van der Waals surface area contributed by atoms with Gasteiger partial charge in [-0.2, -0.15) is 0 Å². The summed E-state index contributed by atoms with van der Waals surface area (Å²) in [5, 5.41) is 13.3. The molecule has 7 nitrogen and oxygen atoms in total. The first-order valence-electron chi connectivity index (χ1n) is 10.5. The number of anilines is 1. The number of fused-ring (bicyclic) bond motifs is 2. The van der Waals surface area contributed by atoms with E-state index in [1.807, 2.05) is 54.9 Å². The standard InChI is InChI=1S/C26H21N3O4/c1-15-11-18(16(2)27-20-8-4-3-7-17(20)26(31)32)25-19(12-15)22(30)13-23(33-25)21-14-29-10-6-5-9-24(29)28-21/h3-14,16,27H,1-2H3,(H,31,32). The van der Waals surface area contributed by atoms with Crippen molar-refractivity contribution in [2.24, 2.45) is 0 Å². The van der Waals surface area contributed by atoms with Crippen molar-refractivity contribution in [3.8, 4) is 11.5 Å². The van der Waals surface area contributed by atoms with E-state index in [4.69, 9.17) is 4.42 Å². The van der Waals surface area contributed by atoms with Crippen LogP contribution in [0.15, 0.2) is 82.3 Å². The van der Waals surface area contributed by atoms with E-state index in [1.165, 1.54) is 6.07 Å². The van der Waals surface area contributed by atoms with E-state index in [2.05, 4.69) is 10.3 Å². The number of carboxylic acids is 1. The van der Waals surface area contributed by atoms with E-state index in [0.29, 0.717) is 28.1 Å². The molecule has 1 unspecified atom stereocenters. The van der Waals surface area contributed by atoms with Gasteiger partial charge in [-0.1, -0.05) is 24.3 Å². The number of carbonyl (C=O) groups is 1. The van der Waals surface area contributed by atoms with Gasteiger partial charge in [0.15, 0.2) is 11.2 Å². The number of aromatic nitrogens is 2. The van der Waals surface area contributed by atoms with Crippen LogP contribution < -0.4 is 10.7 Å². The van der Waals surface area contributed by atoms with Gasteiger partial charge in [0, 0.05) is 29.7 Å². The molecule has 2 N–H and O–H groups in total. The number of benzene rings is 2. The topological polar surface area (TPSA) is 96.8 Å². The number of aromatic carboxylic acids is 1. The lowest BCUT2D eigenvalue weighted by molar-refractivity contribution is 0.0698. The first-order valence-corrected chi connectivity index (χ1v) is 10.5. The molecule has 2 aromatic carbocycles. The summed E-state index contributed by atoms with van der Waals surface area (Å²) < 4.78 is 8.11. The Morgan fingerprint density at radius 3 is 2.70 bits per heavy atom. The molecule has 1 atom stereocenters. The highest BCUT2D eigenvalue weighted by Crippen LogP contribution is 2.31. The van der Waals surface area contributed by atoms with Crippen molar-refractivity contribution >= 4 is 28.3 Å². The Labute approximate surface area is 188 Å². The average molecular weight is 439 g/mol. The van der Waals surface area contributed by atoms with Crippen LogP contribution in [0, 0.1) is 6.92 Å². The summed E-state index contributed by atoms with van der Waals surface area (Å²) >= 11 is 0. The van der Waals surface area contributed by atoms with E-state index < -0.39 is 5.97 Å². The number of hydrogen-bond donors (Lipinski definition) is 2. The lowest BCUT2D eigenvalue weighted by Gasteiger charge is -2.19. The molecule has 5 rings (SSSR count). The maximum atomic E-state index is 13.0. The molecule has 0 aliphatic rings. The minimum absolute atomic E-state index is 0.161. The molecule has 0 fully saturated rings. The minimum atomic E-state index is -1.01. The van der Waals surface area contributed by atoms with E-state index >= 15 is 0 Å². The molecule has 3 heterocycles. The molecule has 33 heavy (non-hydrogen) atoms. The van der Waals surface area contributed by atoms with Gasteiger partial charge in [0.1, 0.15) is 16.9 Å². The number of hydrogen-bond acceptors (Lipinski definition) is 5. The summed E-state index contributed by atoms with van der Waals surface area (Å²) in [6, 6.07) is 17.3. The molecular weight excluding hydrogens is 418 g/mol. The number of imidazole rings is 1. The third kappa shape index (κ3) is 3.74. The second-order valence-corrected chi connectivity index (χ2v) is 8.01. The number of rotatable bonds is 5. The lowest BCUT2D eigenvalue weighted by atomic mass is 10.0. The Morgan fingerprint density at radius 2 is 1.91 bits per heavy atom. The summed E-state index contributed by atoms with van der Waals surface area (Å²) in [4.78, 5) is 29.2. The summed E-state index contributed by atoms with van der Waals surface area (Å²) in [5.41, 5.74) is 3.93. The quantitative estimate of drug-likeness (QED) is 0.386. The van der Waals surface area contributed by atoms with Crippen LogP contribution >= 0.6 is 0 Å². The zero-order valence-electron chi connectivity index (χ0n) is 18.1. The van der Waals surface area contributed by atoms with Gasteiger partial charge in [0.25, 0.3) is 0 Å². The SMILES string of the molecule is Cc1cc(C(C)Nc2ccccc2C(=O)O)c2oc(-c3cn4ccccc4n3)cc(=O)c2c1. The van der Waals surface area contributed by atoms with Crippen molar-refractivity contribution in [1.29, 1.82) is 0 Å². The van der Waals surface area contributed by atoms with Crippen LogP contribution in [0.25, 0.3) is 28.1 Å². The van der Waals surface area contributed by atoms with Gasteiger partial charge in [0.05, 0.1) is 17.0 Å². The smallest absolute Gasteiger partial charge is 0.337 e. The number of nitrogens with one attached hydrogen (secondary N) is 1. The van der Waals surface area contributed by atoms with Crippen molar-refractivity contribution in [3.05, 3.63) is 100.0 Å². The first kappa shape index (κ1) is 20.5. The highest BCUT2D eigenvalue weighted by atomic mass is 16.4. The van der Waals surface area contributed by atoms with Crippen molar-refractivity contribution in [2.75, 3.05) is 5.32 Å². The predicted molar refractivity (Wildman–Crippen MR) is 127 cm³/mol. The Hall–Kier alpha value is -4.39. The van der Waals surface area contributed by atoms with Crippen LogP contribution in [0.1, 0.15) is 34.5 Å². The van der Waals surface area contributed by atoms with Gasteiger partial charge in [-0.3, -0.25) is 4.79 Å². The summed E-state index contributed by atoms with van der Waals surface area (Å²) in [6.07, 6.45) is 3.70. The zero-order chi connectivity index (χ0) is 23.1. The Bertz CT molecular complexity index is 1550. The minimum Gasteiger partial charge on any atom is -0.478 e. The average Bonchev–Trinajstić information content (AvgIpc) is 3.23. The van der Waals surface area contributed by atoms with Gasteiger partial charge in [0.2, 0.25) is 0 Å². The maximum absolute atomic E-state index is 13.0. The van der Waals surface area contributed by atoms with Gasteiger partial charge in [-0.05, 0) is 49.7 Å². The largest absolute Gasteiger partial charge is 0.478 e. The Morgan fingerprint density at radius 1 is 1.12 bits per heavy atom. The fourth-order valence-corrected chi connectivity index (χ4v) is 4.04. The van der Waals surface area contributed by atoms with Gasteiger partial charge >= 0.3 is 5.97 Å². The van der Waals surface area contributed by atoms with Crippen LogP contribution in [-0.4, -0.2) is 20.5 Å². The summed E-state index contributed by atoms with van der Waals surface area (Å²) in [7, 11) is 0. The number of pyridine rings is 1. The van der Waals surface area contributed by atoms with Gasteiger partial charge < -0.3 is 19.2 Å². The van der Waals surface area contributed by atoms with E-state index in [0.717, 1.165) is 16.8 Å². The van der Waals surface area contributed by atoms with Crippen LogP contribution in [0.5, 0.6) is 0 Å². The molecule has 0 radical (unpaired) electrons. The van der Waals surface area contributed by atoms with Gasteiger partial charge in [-0.15, -0.1) is 0 Å². The van der Waals surface area contributed by atoms with E-state index in [9.17, 15) is 14.7 Å². The molecule has 5 aromatic rings. The molecule has 164 valence electrons. The molecule has 0 amide bonds. The molecule has 0 aliphatic heterocycles. The first-order chi connectivity index (χ1) is 15.9. The van der Waals surface area contributed by atoms with Crippen molar-refractivity contribution in [2.45, 2.75) is 19.9 Å².